The van der Waals surface area contributed by atoms with Crippen LogP contribution in [0.25, 0.3) is 11.8 Å². The Morgan fingerprint density at radius 2 is 1.75 bits per heavy atom. The van der Waals surface area contributed by atoms with Gasteiger partial charge in [0.05, 0.1) is 17.9 Å². The van der Waals surface area contributed by atoms with E-state index in [2.05, 4.69) is 31.5 Å². The Labute approximate surface area is 236 Å². The number of carbonyl (C=O) groups excluding carboxylic acids is 1. The lowest BCUT2D eigenvalue weighted by molar-refractivity contribution is -0.117. The van der Waals surface area contributed by atoms with Crippen LogP contribution in [0, 0.1) is 0 Å². The number of benzene rings is 3. The molecule has 0 aliphatic heterocycles. The van der Waals surface area contributed by atoms with Crippen LogP contribution in [-0.4, -0.2) is 61.2 Å². The minimum Gasteiger partial charge on any atom is -0.384 e. The first-order chi connectivity index (χ1) is 19.2. The highest BCUT2D eigenvalue weighted by molar-refractivity contribution is 7.51. The van der Waals surface area contributed by atoms with Gasteiger partial charge >= 0.3 is 7.60 Å². The molecule has 0 fully saturated rings. The molecule has 11 nitrogen and oxygen atoms in total. The summed E-state index contributed by atoms with van der Waals surface area (Å²) in [6, 6.07) is 22.3. The molecule has 13 heteroatoms. The van der Waals surface area contributed by atoms with Crippen molar-refractivity contribution in [2.75, 3.05) is 29.9 Å². The van der Waals surface area contributed by atoms with E-state index in [-0.39, 0.29) is 24.7 Å². The predicted octanol–water partition coefficient (Wildman–Crippen LogP) is 3.76. The highest BCUT2D eigenvalue weighted by Crippen LogP contribution is 2.33. The summed E-state index contributed by atoms with van der Waals surface area (Å²) in [6.45, 7) is 0.634. The highest BCUT2D eigenvalue weighted by Gasteiger charge is 2.14. The summed E-state index contributed by atoms with van der Waals surface area (Å²) in [4.78, 5) is 31.0. The molecule has 0 aliphatic carbocycles. The molecule has 3 aromatic carbocycles. The maximum Gasteiger partial charge on any atom is 0.327 e. The fraction of sp³-hybridized carbons (Fsp3) is 0.185. The summed E-state index contributed by atoms with van der Waals surface area (Å²) in [5.41, 5.74) is 4.04. The molecule has 4 rings (SSSR count). The smallest absolute Gasteiger partial charge is 0.327 e. The second-order valence-corrected chi connectivity index (χ2v) is 11.2. The van der Waals surface area contributed by atoms with E-state index in [4.69, 9.17) is 21.4 Å². The van der Waals surface area contributed by atoms with E-state index in [1.165, 1.54) is 17.1 Å². The van der Waals surface area contributed by atoms with Crippen molar-refractivity contribution in [3.63, 3.8) is 0 Å². The summed E-state index contributed by atoms with van der Waals surface area (Å²) >= 11 is 6.18. The van der Waals surface area contributed by atoms with Crippen LogP contribution >= 0.6 is 19.2 Å². The number of nitrogens with zero attached hydrogens (tertiary/aromatic N) is 4. The number of halogens is 1. The number of anilines is 2. The van der Waals surface area contributed by atoms with Gasteiger partial charge in [0.25, 0.3) is 0 Å². The Morgan fingerprint density at radius 3 is 2.42 bits per heavy atom. The lowest BCUT2D eigenvalue weighted by Gasteiger charge is -2.20. The molecule has 1 heterocycles. The van der Waals surface area contributed by atoms with Crippen LogP contribution in [0.15, 0.2) is 85.2 Å². The molecule has 0 unspecified atom stereocenters. The fourth-order valence-corrected chi connectivity index (χ4v) is 4.50. The minimum atomic E-state index is -4.04. The van der Waals surface area contributed by atoms with Gasteiger partial charge in [0.1, 0.15) is 6.33 Å². The number of rotatable bonds is 13. The Kier molecular flexibility index (Phi) is 10.0. The summed E-state index contributed by atoms with van der Waals surface area (Å²) in [5.74, 6) is -0.269. The number of nitrogens with one attached hydrogen (secondary N) is 3. The molecule has 0 radical (unpaired) electrons. The zero-order chi connectivity index (χ0) is 28.4. The van der Waals surface area contributed by atoms with Crippen molar-refractivity contribution in [1.82, 2.24) is 25.5 Å². The largest absolute Gasteiger partial charge is 0.384 e. The van der Waals surface area contributed by atoms with Crippen molar-refractivity contribution in [3.8, 4) is 5.69 Å². The Morgan fingerprint density at radius 1 is 1.02 bits per heavy atom. The van der Waals surface area contributed by atoms with Gasteiger partial charge in [-0.3, -0.25) is 9.36 Å². The number of carbonyl (C=O) groups is 1. The molecule has 1 aromatic heterocycles. The summed E-state index contributed by atoms with van der Waals surface area (Å²) in [5, 5.41) is 21.2. The van der Waals surface area contributed by atoms with Crippen LogP contribution in [-0.2, 0) is 15.8 Å². The highest BCUT2D eigenvalue weighted by atomic mass is 35.5. The molecule has 1 atom stereocenters. The van der Waals surface area contributed by atoms with Crippen molar-refractivity contribution in [1.29, 1.82) is 0 Å². The molecule has 208 valence electrons. The minimum absolute atomic E-state index is 0.169. The monoisotopic (exact) mass is 581 g/mol. The van der Waals surface area contributed by atoms with Gasteiger partial charge in [-0.2, -0.15) is 4.68 Å². The maximum absolute atomic E-state index is 13.0. The molecule has 40 heavy (non-hydrogen) atoms. The number of tetrazole rings is 1. The Hall–Kier alpha value is -4.02. The number of aromatic nitrogens is 4. The summed E-state index contributed by atoms with van der Waals surface area (Å²) in [7, 11) is -4.04. The third kappa shape index (κ3) is 9.32. The summed E-state index contributed by atoms with van der Waals surface area (Å²) in [6.07, 6.45) is 4.97. The van der Waals surface area contributed by atoms with Crippen molar-refractivity contribution in [2.45, 2.75) is 12.5 Å². The predicted molar refractivity (Wildman–Crippen MR) is 156 cm³/mol. The molecule has 0 spiro atoms. The average Bonchev–Trinajstić information content (AvgIpc) is 3.46. The van der Waals surface area contributed by atoms with Gasteiger partial charge < -0.3 is 25.7 Å². The average molecular weight is 582 g/mol. The van der Waals surface area contributed by atoms with Gasteiger partial charge in [0, 0.05) is 41.1 Å². The fourth-order valence-electron chi connectivity index (χ4n) is 3.92. The van der Waals surface area contributed by atoms with Crippen LogP contribution in [0.5, 0.6) is 0 Å². The van der Waals surface area contributed by atoms with Crippen LogP contribution in [0.1, 0.15) is 11.1 Å². The van der Waals surface area contributed by atoms with Crippen LogP contribution in [0.3, 0.4) is 0 Å². The molecule has 1 amide bonds. The first-order valence-corrected chi connectivity index (χ1v) is 14.6. The SMILES string of the molecule is O=C(/C=C/c1cc(Cl)ccc1-n1cnnn1)N[C@H](CNc1ccc(NCCP(=O)(O)O)cc1)Cc1ccccc1. The number of hydrogen-bond acceptors (Lipinski definition) is 7. The molecule has 4 aromatic rings. The van der Waals surface area contributed by atoms with E-state index in [1.807, 2.05) is 54.6 Å². The first kappa shape index (κ1) is 29.0. The number of amides is 1. The van der Waals surface area contributed by atoms with Crippen molar-refractivity contribution >= 4 is 42.6 Å². The Balaban J connectivity index is 1.40. The second kappa shape index (κ2) is 13.9. The van der Waals surface area contributed by atoms with E-state index in [1.54, 1.807) is 24.3 Å². The maximum atomic E-state index is 13.0. The van der Waals surface area contributed by atoms with Gasteiger partial charge in [0.15, 0.2) is 0 Å². The van der Waals surface area contributed by atoms with Gasteiger partial charge in [-0.25, -0.2) is 0 Å². The van der Waals surface area contributed by atoms with E-state index in [0.717, 1.165) is 16.9 Å². The van der Waals surface area contributed by atoms with Crippen LogP contribution in [0.2, 0.25) is 5.02 Å². The standard InChI is InChI=1S/C27H29ClN7O4P/c28-22-7-12-26(35-19-31-33-34-35)21(17-22)6-13-27(36)32-25(16-20-4-2-1-3-5-20)18-30-24-10-8-23(9-11-24)29-14-15-40(37,38)39/h1-13,17,19,25,29-30H,14-16,18H2,(H,32,36)(H2,37,38,39)/b13-6+/t25-/m0/s1. The Bertz CT molecular complexity index is 1460. The number of hydrogen-bond donors (Lipinski definition) is 5. The first-order valence-electron chi connectivity index (χ1n) is 12.4. The van der Waals surface area contributed by atoms with E-state index in [0.29, 0.717) is 29.2 Å². The zero-order valence-corrected chi connectivity index (χ0v) is 23.0. The van der Waals surface area contributed by atoms with Gasteiger partial charge in [-0.15, -0.1) is 5.10 Å². The molecule has 0 bridgehead atoms. The molecule has 0 saturated carbocycles. The lowest BCUT2D eigenvalue weighted by Crippen LogP contribution is -2.40. The molecular weight excluding hydrogens is 553 g/mol. The van der Waals surface area contributed by atoms with Gasteiger partial charge in [0.2, 0.25) is 5.91 Å². The van der Waals surface area contributed by atoms with Gasteiger partial charge in [-0.1, -0.05) is 41.9 Å². The third-order valence-electron chi connectivity index (χ3n) is 5.84. The van der Waals surface area contributed by atoms with E-state index in [9.17, 15) is 9.36 Å². The quantitative estimate of drug-likeness (QED) is 0.117. The molecular formula is C27H29ClN7O4P. The lowest BCUT2D eigenvalue weighted by atomic mass is 10.1. The topological polar surface area (TPSA) is 154 Å². The molecule has 0 saturated heterocycles. The van der Waals surface area contributed by atoms with Crippen LogP contribution < -0.4 is 16.0 Å². The van der Waals surface area contributed by atoms with E-state index >= 15 is 0 Å². The van der Waals surface area contributed by atoms with Crippen molar-refractivity contribution < 1.29 is 19.1 Å². The molecule has 0 aliphatic rings. The zero-order valence-electron chi connectivity index (χ0n) is 21.4. The van der Waals surface area contributed by atoms with Crippen LogP contribution in [0.4, 0.5) is 11.4 Å². The normalized spacial score (nSPS) is 12.3. The second-order valence-electron chi connectivity index (χ2n) is 8.96. The molecule has 5 N–H and O–H groups in total. The van der Waals surface area contributed by atoms with Gasteiger partial charge in [-0.05, 0) is 71.0 Å². The van der Waals surface area contributed by atoms with Crippen molar-refractivity contribution in [3.05, 3.63) is 101 Å². The van der Waals surface area contributed by atoms with Crippen molar-refractivity contribution in [2.24, 2.45) is 0 Å². The summed E-state index contributed by atoms with van der Waals surface area (Å²) < 4.78 is 12.5. The van der Waals surface area contributed by atoms with E-state index < -0.39 is 7.60 Å². The third-order valence-corrected chi connectivity index (χ3v) is 6.88.